The molecule has 1 aromatic heterocycles. The van der Waals surface area contributed by atoms with Gasteiger partial charge in [0.15, 0.2) is 0 Å². The van der Waals surface area contributed by atoms with E-state index in [0.717, 1.165) is 0 Å². The second-order valence-corrected chi connectivity index (χ2v) is 3.05. The van der Waals surface area contributed by atoms with E-state index in [-0.39, 0.29) is 15.7 Å². The van der Waals surface area contributed by atoms with E-state index in [1.54, 1.807) is 0 Å². The van der Waals surface area contributed by atoms with E-state index in [1.165, 1.54) is 13.0 Å². The molecule has 1 heterocycles. The molecule has 0 spiro atoms. The number of aromatic nitrogens is 1. The van der Waals surface area contributed by atoms with Gasteiger partial charge in [-0.2, -0.15) is 4.39 Å². The van der Waals surface area contributed by atoms with Gasteiger partial charge in [0.2, 0.25) is 5.95 Å². The van der Waals surface area contributed by atoms with Crippen LogP contribution in [0.25, 0.3) is 0 Å². The maximum absolute atomic E-state index is 12.7. The molecular formula is C7H5BrFNO2. The molecular weight excluding hydrogens is 229 g/mol. The third-order valence-electron chi connectivity index (χ3n) is 1.35. The Bertz CT molecular complexity index is 340. The Morgan fingerprint density at radius 1 is 1.75 bits per heavy atom. The van der Waals surface area contributed by atoms with Crippen LogP contribution in [0.3, 0.4) is 0 Å². The normalized spacial score (nSPS) is 9.92. The van der Waals surface area contributed by atoms with E-state index in [4.69, 9.17) is 5.11 Å². The molecule has 0 saturated carbocycles. The fourth-order valence-corrected chi connectivity index (χ4v) is 1.09. The van der Waals surface area contributed by atoms with Crippen LogP contribution in [0.2, 0.25) is 0 Å². The summed E-state index contributed by atoms with van der Waals surface area (Å²) in [5.41, 5.74) is 0.173. The lowest BCUT2D eigenvalue weighted by atomic mass is 10.2. The van der Waals surface area contributed by atoms with Crippen molar-refractivity contribution in [2.24, 2.45) is 0 Å². The molecule has 12 heavy (non-hydrogen) atoms. The minimum atomic E-state index is -1.11. The van der Waals surface area contributed by atoms with Gasteiger partial charge in [0.25, 0.3) is 0 Å². The number of carboxylic acid groups (broad SMARTS) is 1. The van der Waals surface area contributed by atoms with Crippen molar-refractivity contribution in [2.75, 3.05) is 0 Å². The highest BCUT2D eigenvalue weighted by Crippen LogP contribution is 2.17. The van der Waals surface area contributed by atoms with Crippen LogP contribution in [-0.4, -0.2) is 16.1 Å². The van der Waals surface area contributed by atoms with E-state index in [9.17, 15) is 9.18 Å². The summed E-state index contributed by atoms with van der Waals surface area (Å²) < 4.78 is 12.7. The zero-order valence-electron chi connectivity index (χ0n) is 6.14. The molecule has 0 bridgehead atoms. The molecule has 0 fully saturated rings. The first-order valence-corrected chi connectivity index (χ1v) is 3.87. The number of aryl methyl sites for hydroxylation is 1. The molecule has 0 aromatic carbocycles. The topological polar surface area (TPSA) is 50.2 Å². The zero-order valence-corrected chi connectivity index (χ0v) is 7.72. The van der Waals surface area contributed by atoms with Gasteiger partial charge in [0.1, 0.15) is 0 Å². The molecule has 0 aliphatic heterocycles. The first-order chi connectivity index (χ1) is 5.52. The predicted molar refractivity (Wildman–Crippen MR) is 43.6 cm³/mol. The van der Waals surface area contributed by atoms with Crippen molar-refractivity contribution in [3.05, 3.63) is 27.7 Å². The average Bonchev–Trinajstić information content (AvgIpc) is 1.96. The number of carboxylic acids is 1. The Morgan fingerprint density at radius 2 is 2.33 bits per heavy atom. The SMILES string of the molecule is Cc1nc(F)c(Br)cc1C(=O)O. The highest BCUT2D eigenvalue weighted by Gasteiger charge is 2.11. The average molecular weight is 234 g/mol. The van der Waals surface area contributed by atoms with Gasteiger partial charge in [0, 0.05) is 0 Å². The molecule has 0 amide bonds. The van der Waals surface area contributed by atoms with Gasteiger partial charge in [-0.25, -0.2) is 9.78 Å². The molecule has 0 unspecified atom stereocenters. The van der Waals surface area contributed by atoms with Crippen molar-refractivity contribution in [3.8, 4) is 0 Å². The van der Waals surface area contributed by atoms with Gasteiger partial charge >= 0.3 is 5.97 Å². The second kappa shape index (κ2) is 3.18. The molecule has 1 aromatic rings. The van der Waals surface area contributed by atoms with E-state index in [2.05, 4.69) is 20.9 Å². The summed E-state index contributed by atoms with van der Waals surface area (Å²) in [7, 11) is 0. The van der Waals surface area contributed by atoms with Gasteiger partial charge in [-0.05, 0) is 28.9 Å². The van der Waals surface area contributed by atoms with E-state index < -0.39 is 11.9 Å². The third-order valence-corrected chi connectivity index (χ3v) is 1.91. The zero-order chi connectivity index (χ0) is 9.30. The summed E-state index contributed by atoms with van der Waals surface area (Å²) in [5, 5.41) is 8.60. The van der Waals surface area contributed by atoms with E-state index >= 15 is 0 Å². The summed E-state index contributed by atoms with van der Waals surface area (Å²) in [6.45, 7) is 1.44. The summed E-state index contributed by atoms with van der Waals surface area (Å²) in [6, 6.07) is 1.19. The molecule has 5 heteroatoms. The maximum atomic E-state index is 12.7. The Morgan fingerprint density at radius 3 is 2.83 bits per heavy atom. The first-order valence-electron chi connectivity index (χ1n) is 3.08. The number of halogens is 2. The van der Waals surface area contributed by atoms with Crippen molar-refractivity contribution in [2.45, 2.75) is 6.92 Å². The monoisotopic (exact) mass is 233 g/mol. The molecule has 1 rings (SSSR count). The molecule has 64 valence electrons. The van der Waals surface area contributed by atoms with E-state index in [0.29, 0.717) is 0 Å². The second-order valence-electron chi connectivity index (χ2n) is 2.20. The summed E-state index contributed by atoms with van der Waals surface area (Å²) >= 11 is 2.85. The maximum Gasteiger partial charge on any atom is 0.337 e. The van der Waals surface area contributed by atoms with Gasteiger partial charge in [0.05, 0.1) is 15.7 Å². The van der Waals surface area contributed by atoms with Crippen molar-refractivity contribution in [1.29, 1.82) is 0 Å². The van der Waals surface area contributed by atoms with Crippen LogP contribution in [0.1, 0.15) is 16.1 Å². The smallest absolute Gasteiger partial charge is 0.337 e. The number of rotatable bonds is 1. The number of pyridine rings is 1. The molecule has 0 radical (unpaired) electrons. The lowest BCUT2D eigenvalue weighted by molar-refractivity contribution is 0.0695. The Kier molecular flexibility index (Phi) is 2.42. The van der Waals surface area contributed by atoms with Crippen molar-refractivity contribution >= 4 is 21.9 Å². The number of nitrogens with zero attached hydrogens (tertiary/aromatic N) is 1. The number of aromatic carboxylic acids is 1. The standard InChI is InChI=1S/C7H5BrFNO2/c1-3-4(7(11)12)2-5(8)6(9)10-3/h2H,1H3,(H,11,12). The van der Waals surface area contributed by atoms with Crippen molar-refractivity contribution in [1.82, 2.24) is 4.98 Å². The first kappa shape index (κ1) is 9.12. The highest BCUT2D eigenvalue weighted by molar-refractivity contribution is 9.10. The molecule has 0 saturated heterocycles. The predicted octanol–water partition coefficient (Wildman–Crippen LogP) is 1.99. The minimum Gasteiger partial charge on any atom is -0.478 e. The van der Waals surface area contributed by atoms with Gasteiger partial charge in [-0.1, -0.05) is 0 Å². The summed E-state index contributed by atoms with van der Waals surface area (Å²) in [5.74, 6) is -1.81. The Hall–Kier alpha value is -0.970. The third kappa shape index (κ3) is 1.61. The van der Waals surface area contributed by atoms with Crippen LogP contribution in [0.15, 0.2) is 10.5 Å². The molecule has 0 aliphatic carbocycles. The fraction of sp³-hybridized carbons (Fsp3) is 0.143. The van der Waals surface area contributed by atoms with Crippen LogP contribution < -0.4 is 0 Å². The highest BCUT2D eigenvalue weighted by atomic mass is 79.9. The number of hydrogen-bond acceptors (Lipinski definition) is 2. The minimum absolute atomic E-state index is 0.00303. The summed E-state index contributed by atoms with van der Waals surface area (Å²) in [4.78, 5) is 13.9. The Labute approximate surface area is 76.4 Å². The van der Waals surface area contributed by atoms with Crippen molar-refractivity contribution in [3.63, 3.8) is 0 Å². The van der Waals surface area contributed by atoms with E-state index in [1.807, 2.05) is 0 Å². The molecule has 1 N–H and O–H groups in total. The number of hydrogen-bond donors (Lipinski definition) is 1. The largest absolute Gasteiger partial charge is 0.478 e. The quantitative estimate of drug-likeness (QED) is 0.756. The summed E-state index contributed by atoms with van der Waals surface area (Å²) in [6.07, 6.45) is 0. The number of carbonyl (C=O) groups is 1. The molecule has 0 aliphatic rings. The lowest BCUT2D eigenvalue weighted by Crippen LogP contribution is -2.03. The van der Waals surface area contributed by atoms with Crippen LogP contribution >= 0.6 is 15.9 Å². The van der Waals surface area contributed by atoms with Gasteiger partial charge in [-0.3, -0.25) is 0 Å². The fourth-order valence-electron chi connectivity index (χ4n) is 0.768. The molecule has 0 atom stereocenters. The van der Waals surface area contributed by atoms with Crippen LogP contribution in [0.4, 0.5) is 4.39 Å². The van der Waals surface area contributed by atoms with Gasteiger partial charge in [-0.15, -0.1) is 0 Å². The van der Waals surface area contributed by atoms with Crippen LogP contribution in [0, 0.1) is 12.9 Å². The lowest BCUT2D eigenvalue weighted by Gasteiger charge is -2.00. The van der Waals surface area contributed by atoms with Gasteiger partial charge < -0.3 is 5.11 Å². The Balaban J connectivity index is 3.33. The molecule has 3 nitrogen and oxygen atoms in total. The van der Waals surface area contributed by atoms with Crippen molar-refractivity contribution < 1.29 is 14.3 Å². The van der Waals surface area contributed by atoms with Crippen LogP contribution in [0.5, 0.6) is 0 Å². The van der Waals surface area contributed by atoms with Crippen LogP contribution in [-0.2, 0) is 0 Å².